The number of urea groups is 1. The molecule has 24 heavy (non-hydrogen) atoms. The lowest BCUT2D eigenvalue weighted by Crippen LogP contribution is -2.37. The predicted octanol–water partition coefficient (Wildman–Crippen LogP) is 3.25. The molecule has 0 atom stereocenters. The summed E-state index contributed by atoms with van der Waals surface area (Å²) in [6.45, 7) is 2.70. The van der Waals surface area contributed by atoms with Crippen molar-refractivity contribution in [3.05, 3.63) is 71.0 Å². The Kier molecular flexibility index (Phi) is 6.49. The first kappa shape index (κ1) is 17.7. The van der Waals surface area contributed by atoms with Crippen LogP contribution < -0.4 is 10.6 Å². The molecule has 0 saturated heterocycles. The highest BCUT2D eigenvalue weighted by molar-refractivity contribution is 5.96. The van der Waals surface area contributed by atoms with Gasteiger partial charge in [0.15, 0.2) is 5.78 Å². The van der Waals surface area contributed by atoms with Crippen LogP contribution in [-0.4, -0.2) is 24.9 Å². The number of aryl methyl sites for hydroxylation is 1. The van der Waals surface area contributed by atoms with Crippen molar-refractivity contribution < 1.29 is 14.0 Å². The van der Waals surface area contributed by atoms with E-state index in [2.05, 4.69) is 10.6 Å². The molecule has 4 nitrogen and oxygen atoms in total. The molecule has 2 aromatic carbocycles. The largest absolute Gasteiger partial charge is 0.338 e. The number of amides is 2. The van der Waals surface area contributed by atoms with E-state index >= 15 is 0 Å². The van der Waals surface area contributed by atoms with Crippen LogP contribution in [0.15, 0.2) is 48.5 Å². The average Bonchev–Trinajstić information content (AvgIpc) is 2.57. The van der Waals surface area contributed by atoms with Crippen LogP contribution in [0.5, 0.6) is 0 Å². The number of benzene rings is 2. The van der Waals surface area contributed by atoms with Gasteiger partial charge in [0, 0.05) is 25.1 Å². The zero-order valence-electron chi connectivity index (χ0n) is 13.6. The lowest BCUT2D eigenvalue weighted by atomic mass is 10.1. The second-order valence-electron chi connectivity index (χ2n) is 5.60. The molecule has 2 N–H and O–H groups in total. The molecular weight excluding hydrogens is 307 g/mol. The fraction of sp³-hybridized carbons (Fsp3) is 0.263. The van der Waals surface area contributed by atoms with Crippen LogP contribution in [0.2, 0.25) is 0 Å². The van der Waals surface area contributed by atoms with Gasteiger partial charge in [-0.15, -0.1) is 0 Å². The standard InChI is InChI=1S/C19H21FN2O2/c1-14-2-6-16(7-3-14)18(23)11-13-22-19(24)21-12-10-15-4-8-17(20)9-5-15/h2-9H,10-13H2,1H3,(H2,21,22,24). The molecule has 2 amide bonds. The zero-order chi connectivity index (χ0) is 17.4. The molecule has 0 unspecified atom stereocenters. The summed E-state index contributed by atoms with van der Waals surface area (Å²) in [5, 5.41) is 5.37. The van der Waals surface area contributed by atoms with Crippen molar-refractivity contribution in [2.24, 2.45) is 0 Å². The molecule has 0 aromatic heterocycles. The lowest BCUT2D eigenvalue weighted by Gasteiger charge is -2.07. The molecule has 0 aliphatic rings. The molecule has 0 radical (unpaired) electrons. The van der Waals surface area contributed by atoms with Crippen molar-refractivity contribution in [2.45, 2.75) is 19.8 Å². The highest BCUT2D eigenvalue weighted by Gasteiger charge is 2.06. The van der Waals surface area contributed by atoms with E-state index in [0.717, 1.165) is 11.1 Å². The van der Waals surface area contributed by atoms with Crippen molar-refractivity contribution in [1.82, 2.24) is 10.6 Å². The summed E-state index contributed by atoms with van der Waals surface area (Å²) in [4.78, 5) is 23.6. The fourth-order valence-electron chi connectivity index (χ4n) is 2.21. The maximum absolute atomic E-state index is 12.8. The molecule has 0 spiro atoms. The third kappa shape index (κ3) is 5.83. The summed E-state index contributed by atoms with van der Waals surface area (Å²) < 4.78 is 12.8. The Bertz CT molecular complexity index is 682. The van der Waals surface area contributed by atoms with Crippen molar-refractivity contribution in [2.75, 3.05) is 13.1 Å². The second kappa shape index (κ2) is 8.82. The fourth-order valence-corrected chi connectivity index (χ4v) is 2.21. The highest BCUT2D eigenvalue weighted by atomic mass is 19.1. The zero-order valence-corrected chi connectivity index (χ0v) is 13.6. The SMILES string of the molecule is Cc1ccc(C(=O)CCNC(=O)NCCc2ccc(F)cc2)cc1. The van der Waals surface area contributed by atoms with Crippen LogP contribution >= 0.6 is 0 Å². The lowest BCUT2D eigenvalue weighted by molar-refractivity contribution is 0.0983. The van der Waals surface area contributed by atoms with Gasteiger partial charge in [-0.1, -0.05) is 42.0 Å². The summed E-state index contributed by atoms with van der Waals surface area (Å²) in [6.07, 6.45) is 0.879. The Balaban J connectivity index is 1.63. The Morgan fingerprint density at radius 1 is 0.917 bits per heavy atom. The van der Waals surface area contributed by atoms with Crippen molar-refractivity contribution >= 4 is 11.8 Å². The van der Waals surface area contributed by atoms with Crippen LogP contribution in [0.1, 0.15) is 27.9 Å². The summed E-state index contributed by atoms with van der Waals surface area (Å²) in [5.41, 5.74) is 2.70. The molecule has 126 valence electrons. The Hall–Kier alpha value is -2.69. The first-order valence-corrected chi connectivity index (χ1v) is 7.90. The highest BCUT2D eigenvalue weighted by Crippen LogP contribution is 2.05. The summed E-state index contributed by atoms with van der Waals surface area (Å²) in [6, 6.07) is 13.2. The van der Waals surface area contributed by atoms with Gasteiger partial charge < -0.3 is 10.6 Å². The van der Waals surface area contributed by atoms with Gasteiger partial charge in [0.1, 0.15) is 5.82 Å². The van der Waals surface area contributed by atoms with Crippen LogP contribution in [-0.2, 0) is 6.42 Å². The van der Waals surface area contributed by atoms with E-state index in [9.17, 15) is 14.0 Å². The number of hydrogen-bond donors (Lipinski definition) is 2. The van der Waals surface area contributed by atoms with E-state index in [0.29, 0.717) is 18.5 Å². The van der Waals surface area contributed by atoms with Gasteiger partial charge in [0.05, 0.1) is 0 Å². The average molecular weight is 328 g/mol. The quantitative estimate of drug-likeness (QED) is 0.767. The van der Waals surface area contributed by atoms with Crippen molar-refractivity contribution in [1.29, 1.82) is 0 Å². The third-order valence-electron chi connectivity index (χ3n) is 3.62. The molecule has 0 heterocycles. The summed E-state index contributed by atoms with van der Waals surface area (Å²) in [7, 11) is 0. The van der Waals surface area contributed by atoms with Crippen molar-refractivity contribution in [3.63, 3.8) is 0 Å². The van der Waals surface area contributed by atoms with E-state index in [1.54, 1.807) is 24.3 Å². The molecule has 0 saturated carbocycles. The van der Waals surface area contributed by atoms with Crippen molar-refractivity contribution in [3.8, 4) is 0 Å². The minimum atomic E-state index is -0.311. The number of rotatable bonds is 7. The van der Waals surface area contributed by atoms with Crippen LogP contribution in [0.4, 0.5) is 9.18 Å². The maximum atomic E-state index is 12.8. The van der Waals surface area contributed by atoms with Gasteiger partial charge in [0.2, 0.25) is 0 Å². The number of halogens is 1. The molecule has 2 rings (SSSR count). The Morgan fingerprint density at radius 2 is 1.54 bits per heavy atom. The summed E-state index contributed by atoms with van der Waals surface area (Å²) >= 11 is 0. The van der Waals surface area contributed by atoms with E-state index < -0.39 is 0 Å². The third-order valence-corrected chi connectivity index (χ3v) is 3.62. The number of carbonyl (C=O) groups is 2. The molecule has 0 bridgehead atoms. The van der Waals surface area contributed by atoms with Crippen LogP contribution in [0.25, 0.3) is 0 Å². The maximum Gasteiger partial charge on any atom is 0.314 e. The van der Waals surface area contributed by atoms with E-state index in [-0.39, 0.29) is 30.6 Å². The number of Topliss-reactive ketones (excluding diaryl/α,β-unsaturated/α-hetero) is 1. The first-order chi connectivity index (χ1) is 11.5. The minimum Gasteiger partial charge on any atom is -0.338 e. The molecular formula is C19H21FN2O2. The smallest absolute Gasteiger partial charge is 0.314 e. The van der Waals surface area contributed by atoms with Crippen LogP contribution in [0, 0.1) is 12.7 Å². The van der Waals surface area contributed by atoms with Gasteiger partial charge >= 0.3 is 6.03 Å². The van der Waals surface area contributed by atoms with Crippen LogP contribution in [0.3, 0.4) is 0 Å². The van der Waals surface area contributed by atoms with E-state index in [4.69, 9.17) is 0 Å². The number of ketones is 1. The first-order valence-electron chi connectivity index (χ1n) is 7.90. The topological polar surface area (TPSA) is 58.2 Å². The van der Waals surface area contributed by atoms with E-state index in [1.165, 1.54) is 12.1 Å². The van der Waals surface area contributed by atoms with E-state index in [1.807, 2.05) is 19.1 Å². The predicted molar refractivity (Wildman–Crippen MR) is 91.6 cm³/mol. The number of nitrogens with one attached hydrogen (secondary N) is 2. The Morgan fingerprint density at radius 3 is 2.21 bits per heavy atom. The second-order valence-corrected chi connectivity index (χ2v) is 5.60. The van der Waals surface area contributed by atoms with Gasteiger partial charge in [-0.2, -0.15) is 0 Å². The molecule has 5 heteroatoms. The number of hydrogen-bond acceptors (Lipinski definition) is 2. The van der Waals surface area contributed by atoms with Gasteiger partial charge in [-0.05, 0) is 31.0 Å². The monoisotopic (exact) mass is 328 g/mol. The molecule has 0 fully saturated rings. The van der Waals surface area contributed by atoms with Gasteiger partial charge in [-0.25, -0.2) is 9.18 Å². The Labute approximate surface area is 141 Å². The molecule has 0 aliphatic carbocycles. The normalized spacial score (nSPS) is 10.2. The number of carbonyl (C=O) groups excluding carboxylic acids is 2. The summed E-state index contributed by atoms with van der Waals surface area (Å²) in [5.74, 6) is -0.274. The van der Waals surface area contributed by atoms with Gasteiger partial charge in [0.25, 0.3) is 0 Å². The minimum absolute atomic E-state index is 0.00149. The van der Waals surface area contributed by atoms with Gasteiger partial charge in [-0.3, -0.25) is 4.79 Å². The molecule has 0 aliphatic heterocycles. The molecule has 2 aromatic rings.